The minimum absolute atomic E-state index is 0.195. The summed E-state index contributed by atoms with van der Waals surface area (Å²) in [6, 6.07) is 14.1. The van der Waals surface area contributed by atoms with Crippen LogP contribution in [0.1, 0.15) is 15.9 Å². The molecule has 6 heteroatoms. The van der Waals surface area contributed by atoms with Crippen molar-refractivity contribution in [3.05, 3.63) is 83.6 Å². The Morgan fingerprint density at radius 2 is 1.92 bits per heavy atom. The molecule has 0 aliphatic carbocycles. The van der Waals surface area contributed by atoms with Crippen molar-refractivity contribution in [1.29, 1.82) is 0 Å². The van der Waals surface area contributed by atoms with Gasteiger partial charge in [-0.3, -0.25) is 4.79 Å². The molecule has 2 aromatic carbocycles. The number of amides is 1. The second-order valence-corrected chi connectivity index (χ2v) is 6.01. The smallest absolute Gasteiger partial charge is 0.255 e. The summed E-state index contributed by atoms with van der Waals surface area (Å²) in [4.78, 5) is 18.8. The number of nitrogens with zero attached hydrogens (tertiary/aromatic N) is 2. The van der Waals surface area contributed by atoms with Crippen molar-refractivity contribution >= 4 is 23.1 Å². The lowest BCUT2D eigenvalue weighted by Crippen LogP contribution is -2.17. The Morgan fingerprint density at radius 3 is 2.81 bits per heavy atom. The highest BCUT2D eigenvalue weighted by Gasteiger charge is 2.21. The zero-order valence-electron chi connectivity index (χ0n) is 13.7. The van der Waals surface area contributed by atoms with E-state index in [9.17, 15) is 13.6 Å². The molecule has 0 bridgehead atoms. The molecule has 26 heavy (non-hydrogen) atoms. The fraction of sp³-hybridized carbons (Fsp3) is 0.100. The molecule has 130 valence electrons. The number of fused-ring (bicyclic) bond motifs is 1. The van der Waals surface area contributed by atoms with Crippen molar-refractivity contribution in [3.63, 3.8) is 0 Å². The molecule has 1 amide bonds. The van der Waals surface area contributed by atoms with E-state index in [1.54, 1.807) is 6.07 Å². The van der Waals surface area contributed by atoms with E-state index < -0.39 is 17.5 Å². The number of hydrogen-bond acceptors (Lipinski definition) is 3. The fourth-order valence-electron chi connectivity index (χ4n) is 3.07. The zero-order valence-corrected chi connectivity index (χ0v) is 13.7. The third-order valence-electron chi connectivity index (χ3n) is 4.35. The minimum atomic E-state index is -0.692. The average Bonchev–Trinajstić information content (AvgIpc) is 3.09. The van der Waals surface area contributed by atoms with E-state index in [1.165, 1.54) is 17.8 Å². The number of para-hydroxylation sites is 1. The first-order valence-electron chi connectivity index (χ1n) is 8.20. The number of carbonyl (C=O) groups excluding carboxylic acids is 1. The van der Waals surface area contributed by atoms with Gasteiger partial charge in [0.2, 0.25) is 0 Å². The number of pyridine rings is 1. The molecule has 0 fully saturated rings. The number of rotatable bonds is 3. The number of benzene rings is 2. The quantitative estimate of drug-likeness (QED) is 0.765. The van der Waals surface area contributed by atoms with Crippen LogP contribution in [0.3, 0.4) is 0 Å². The predicted octanol–water partition coefficient (Wildman–Crippen LogP) is 4.31. The summed E-state index contributed by atoms with van der Waals surface area (Å²) in [6.45, 7) is 0.774. The summed E-state index contributed by atoms with van der Waals surface area (Å²) in [5.74, 6) is -1.19. The summed E-state index contributed by atoms with van der Waals surface area (Å²) < 4.78 is 27.0. The topological polar surface area (TPSA) is 45.2 Å². The molecule has 0 spiro atoms. The van der Waals surface area contributed by atoms with E-state index in [0.29, 0.717) is 11.4 Å². The van der Waals surface area contributed by atoms with E-state index in [2.05, 4.69) is 16.4 Å². The second-order valence-electron chi connectivity index (χ2n) is 6.01. The maximum Gasteiger partial charge on any atom is 0.255 e. The second kappa shape index (κ2) is 6.55. The molecule has 0 saturated carbocycles. The summed E-state index contributed by atoms with van der Waals surface area (Å²) in [6.07, 6.45) is 2.44. The van der Waals surface area contributed by atoms with Crippen LogP contribution >= 0.6 is 0 Å². The first-order chi connectivity index (χ1) is 12.6. The van der Waals surface area contributed by atoms with Crippen LogP contribution in [0, 0.1) is 11.6 Å². The van der Waals surface area contributed by atoms with Crippen LogP contribution in [0.2, 0.25) is 0 Å². The van der Waals surface area contributed by atoms with E-state index in [0.717, 1.165) is 36.9 Å². The van der Waals surface area contributed by atoms with E-state index in [4.69, 9.17) is 0 Å². The van der Waals surface area contributed by atoms with Crippen LogP contribution in [0.15, 0.2) is 60.8 Å². The van der Waals surface area contributed by atoms with Gasteiger partial charge in [-0.05, 0) is 42.3 Å². The van der Waals surface area contributed by atoms with E-state index >= 15 is 0 Å². The molecule has 0 saturated heterocycles. The van der Waals surface area contributed by atoms with Crippen LogP contribution in [0.25, 0.3) is 0 Å². The Morgan fingerprint density at radius 1 is 1.08 bits per heavy atom. The number of halogens is 2. The molecule has 4 rings (SSSR count). The summed E-state index contributed by atoms with van der Waals surface area (Å²) in [5.41, 5.74) is 2.42. The Bertz CT molecular complexity index is 990. The van der Waals surface area contributed by atoms with Gasteiger partial charge in [0.15, 0.2) is 0 Å². The van der Waals surface area contributed by atoms with Crippen molar-refractivity contribution in [2.45, 2.75) is 6.42 Å². The SMILES string of the molecule is O=C(Nc1cc(F)ccc1F)c1ccnc(N2CCc3ccccc32)c1. The summed E-state index contributed by atoms with van der Waals surface area (Å²) in [5, 5.41) is 2.40. The maximum atomic E-state index is 13.7. The lowest BCUT2D eigenvalue weighted by Gasteiger charge is -2.18. The van der Waals surface area contributed by atoms with Gasteiger partial charge in [-0.1, -0.05) is 18.2 Å². The van der Waals surface area contributed by atoms with Gasteiger partial charge < -0.3 is 10.2 Å². The third-order valence-corrected chi connectivity index (χ3v) is 4.35. The average molecular weight is 351 g/mol. The Kier molecular flexibility index (Phi) is 4.08. The molecule has 1 N–H and O–H groups in total. The molecule has 1 aliphatic rings. The van der Waals surface area contributed by atoms with Gasteiger partial charge >= 0.3 is 0 Å². The van der Waals surface area contributed by atoms with Crippen molar-refractivity contribution in [1.82, 2.24) is 4.98 Å². The number of anilines is 3. The standard InChI is InChI=1S/C20H15F2N3O/c21-15-5-6-16(22)17(12-15)24-20(26)14-7-9-23-19(11-14)25-10-8-13-3-1-2-4-18(13)25/h1-7,9,11-12H,8,10H2,(H,24,26). The van der Waals surface area contributed by atoms with E-state index in [1.807, 2.05) is 23.1 Å². The van der Waals surface area contributed by atoms with Crippen LogP contribution < -0.4 is 10.2 Å². The molecule has 2 heterocycles. The first-order valence-corrected chi connectivity index (χ1v) is 8.20. The van der Waals surface area contributed by atoms with Gasteiger partial charge in [0, 0.05) is 30.1 Å². The van der Waals surface area contributed by atoms with Crippen molar-refractivity contribution in [2.75, 3.05) is 16.8 Å². The molecule has 0 atom stereocenters. The molecular formula is C20H15F2N3O. The number of aromatic nitrogens is 1. The van der Waals surface area contributed by atoms with Crippen LogP contribution in [0.5, 0.6) is 0 Å². The van der Waals surface area contributed by atoms with Crippen LogP contribution in [0.4, 0.5) is 26.0 Å². The number of hydrogen-bond donors (Lipinski definition) is 1. The highest BCUT2D eigenvalue weighted by atomic mass is 19.1. The monoisotopic (exact) mass is 351 g/mol. The third kappa shape index (κ3) is 3.01. The van der Waals surface area contributed by atoms with E-state index in [-0.39, 0.29) is 5.69 Å². The molecule has 3 aromatic rings. The van der Waals surface area contributed by atoms with Gasteiger partial charge in [-0.15, -0.1) is 0 Å². The Labute approximate surface area is 149 Å². The van der Waals surface area contributed by atoms with Crippen molar-refractivity contribution < 1.29 is 13.6 Å². The van der Waals surface area contributed by atoms with Crippen molar-refractivity contribution in [3.8, 4) is 0 Å². The number of nitrogens with one attached hydrogen (secondary N) is 1. The minimum Gasteiger partial charge on any atom is -0.326 e. The maximum absolute atomic E-state index is 13.7. The molecule has 4 nitrogen and oxygen atoms in total. The fourth-order valence-corrected chi connectivity index (χ4v) is 3.07. The lowest BCUT2D eigenvalue weighted by atomic mass is 10.2. The molecule has 1 aromatic heterocycles. The largest absolute Gasteiger partial charge is 0.326 e. The molecular weight excluding hydrogens is 336 g/mol. The lowest BCUT2D eigenvalue weighted by molar-refractivity contribution is 0.102. The van der Waals surface area contributed by atoms with Crippen LogP contribution in [-0.4, -0.2) is 17.4 Å². The first kappa shape index (κ1) is 16.2. The Hall–Kier alpha value is -3.28. The van der Waals surface area contributed by atoms with Gasteiger partial charge in [-0.25, -0.2) is 13.8 Å². The summed E-state index contributed by atoms with van der Waals surface area (Å²) in [7, 11) is 0. The van der Waals surface area contributed by atoms with Gasteiger partial charge in [0.1, 0.15) is 17.5 Å². The zero-order chi connectivity index (χ0) is 18.1. The highest BCUT2D eigenvalue weighted by molar-refractivity contribution is 6.04. The number of carbonyl (C=O) groups is 1. The molecule has 0 unspecified atom stereocenters. The normalized spacial score (nSPS) is 12.8. The molecule has 1 aliphatic heterocycles. The predicted molar refractivity (Wildman–Crippen MR) is 95.7 cm³/mol. The summed E-state index contributed by atoms with van der Waals surface area (Å²) >= 11 is 0. The van der Waals surface area contributed by atoms with Crippen molar-refractivity contribution in [2.24, 2.45) is 0 Å². The van der Waals surface area contributed by atoms with Gasteiger partial charge in [0.05, 0.1) is 5.69 Å². The van der Waals surface area contributed by atoms with Gasteiger partial charge in [0.25, 0.3) is 5.91 Å². The molecule has 0 radical (unpaired) electrons. The Balaban J connectivity index is 1.60. The van der Waals surface area contributed by atoms with Gasteiger partial charge in [-0.2, -0.15) is 0 Å². The highest BCUT2D eigenvalue weighted by Crippen LogP contribution is 2.33. The van der Waals surface area contributed by atoms with Crippen LogP contribution in [-0.2, 0) is 6.42 Å².